The third-order valence-electron chi connectivity index (χ3n) is 5.92. The second-order valence-electron chi connectivity index (χ2n) is 6.91. The minimum absolute atomic E-state index is 1.16. The van der Waals surface area contributed by atoms with Gasteiger partial charge in [0, 0.05) is 11.4 Å². The van der Waals surface area contributed by atoms with Crippen molar-refractivity contribution >= 4 is 0 Å². The summed E-state index contributed by atoms with van der Waals surface area (Å²) in [6.07, 6.45) is 0. The highest BCUT2D eigenvalue weighted by molar-refractivity contribution is 5.48. The molecule has 0 atom stereocenters. The number of aryl methyl sites for hydroxylation is 2. The van der Waals surface area contributed by atoms with Crippen molar-refractivity contribution in [2.24, 2.45) is 0 Å². The van der Waals surface area contributed by atoms with E-state index in [1.54, 1.807) is 0 Å². The van der Waals surface area contributed by atoms with Gasteiger partial charge in [0.05, 0.1) is 0 Å². The normalized spacial score (nSPS) is 10.4. The fraction of sp³-hybridized carbons (Fsp3) is 0.500. The van der Waals surface area contributed by atoms with Crippen molar-refractivity contribution in [3.05, 3.63) is 61.5 Å². The third kappa shape index (κ3) is 3.83. The van der Waals surface area contributed by atoms with Crippen LogP contribution in [0.4, 0.5) is 0 Å². The summed E-state index contributed by atoms with van der Waals surface area (Å²) in [6.45, 7) is 23.8. The number of aromatic nitrogens is 1. The SMILES string of the molecule is Cc1c(C)c(C)c(C)c(C)c1C.Cc1nc(C)c(C)c(C)c1C. The van der Waals surface area contributed by atoms with Gasteiger partial charge in [-0.05, 0) is 126 Å². The van der Waals surface area contributed by atoms with Crippen LogP contribution in [0.2, 0.25) is 0 Å². The molecule has 23 heavy (non-hydrogen) atoms. The molecule has 1 nitrogen and oxygen atoms in total. The molecule has 2 aromatic rings. The summed E-state index contributed by atoms with van der Waals surface area (Å²) < 4.78 is 0. The third-order valence-corrected chi connectivity index (χ3v) is 5.92. The number of nitrogens with zero attached hydrogens (tertiary/aromatic N) is 1. The van der Waals surface area contributed by atoms with Crippen molar-refractivity contribution in [1.29, 1.82) is 0 Å². The fourth-order valence-electron chi connectivity index (χ4n) is 2.93. The van der Waals surface area contributed by atoms with E-state index >= 15 is 0 Å². The zero-order chi connectivity index (χ0) is 18.1. The summed E-state index contributed by atoms with van der Waals surface area (Å²) in [6, 6.07) is 0. The van der Waals surface area contributed by atoms with Crippen LogP contribution in [0.25, 0.3) is 0 Å². The van der Waals surface area contributed by atoms with Crippen molar-refractivity contribution < 1.29 is 0 Å². The van der Waals surface area contributed by atoms with Gasteiger partial charge < -0.3 is 0 Å². The zero-order valence-corrected chi connectivity index (χ0v) is 16.9. The second-order valence-corrected chi connectivity index (χ2v) is 6.91. The molecular formula is C22H33N. The number of pyridine rings is 1. The van der Waals surface area contributed by atoms with Gasteiger partial charge in [-0.15, -0.1) is 0 Å². The highest BCUT2D eigenvalue weighted by Crippen LogP contribution is 2.24. The minimum Gasteiger partial charge on any atom is -0.258 e. The molecule has 0 spiro atoms. The quantitative estimate of drug-likeness (QED) is 0.567. The summed E-state index contributed by atoms with van der Waals surface area (Å²) in [5, 5.41) is 0. The first kappa shape index (κ1) is 19.4. The van der Waals surface area contributed by atoms with E-state index in [0.29, 0.717) is 0 Å². The lowest BCUT2D eigenvalue weighted by molar-refractivity contribution is 1.03. The molecular weight excluding hydrogens is 278 g/mol. The van der Waals surface area contributed by atoms with Crippen LogP contribution in [0, 0.1) is 76.2 Å². The fourth-order valence-corrected chi connectivity index (χ4v) is 2.93. The summed E-state index contributed by atoms with van der Waals surface area (Å²) >= 11 is 0. The van der Waals surface area contributed by atoms with Crippen LogP contribution in [0.3, 0.4) is 0 Å². The molecule has 0 saturated heterocycles. The van der Waals surface area contributed by atoms with Crippen LogP contribution in [0.5, 0.6) is 0 Å². The van der Waals surface area contributed by atoms with Gasteiger partial charge in [-0.25, -0.2) is 0 Å². The Hall–Kier alpha value is -1.63. The average Bonchev–Trinajstić information content (AvgIpc) is 2.53. The van der Waals surface area contributed by atoms with Crippen LogP contribution >= 0.6 is 0 Å². The summed E-state index contributed by atoms with van der Waals surface area (Å²) in [7, 11) is 0. The summed E-state index contributed by atoms with van der Waals surface area (Å²) in [4.78, 5) is 4.43. The first-order valence-corrected chi connectivity index (χ1v) is 8.45. The van der Waals surface area contributed by atoms with E-state index in [1.807, 2.05) is 0 Å². The van der Waals surface area contributed by atoms with E-state index in [9.17, 15) is 0 Å². The van der Waals surface area contributed by atoms with Gasteiger partial charge in [0.15, 0.2) is 0 Å². The molecule has 1 heterocycles. The molecule has 126 valence electrons. The van der Waals surface area contributed by atoms with E-state index in [2.05, 4.69) is 81.1 Å². The van der Waals surface area contributed by atoms with E-state index in [-0.39, 0.29) is 0 Å². The van der Waals surface area contributed by atoms with Gasteiger partial charge >= 0.3 is 0 Å². The number of hydrogen-bond donors (Lipinski definition) is 0. The van der Waals surface area contributed by atoms with Crippen LogP contribution in [0.15, 0.2) is 0 Å². The molecule has 0 aliphatic heterocycles. The number of rotatable bonds is 0. The van der Waals surface area contributed by atoms with Crippen molar-refractivity contribution in [3.8, 4) is 0 Å². The molecule has 0 N–H and O–H groups in total. The largest absolute Gasteiger partial charge is 0.258 e. The monoisotopic (exact) mass is 311 g/mol. The Balaban J connectivity index is 0.000000231. The zero-order valence-electron chi connectivity index (χ0n) is 16.9. The lowest BCUT2D eigenvalue weighted by Gasteiger charge is -2.15. The van der Waals surface area contributed by atoms with E-state index in [4.69, 9.17) is 0 Å². The molecule has 0 unspecified atom stereocenters. The van der Waals surface area contributed by atoms with Gasteiger partial charge in [-0.3, -0.25) is 4.98 Å². The molecule has 0 radical (unpaired) electrons. The molecule has 1 aromatic carbocycles. The average molecular weight is 312 g/mol. The lowest BCUT2D eigenvalue weighted by Crippen LogP contribution is -1.98. The lowest BCUT2D eigenvalue weighted by atomic mass is 9.90. The highest BCUT2D eigenvalue weighted by Gasteiger charge is 2.07. The van der Waals surface area contributed by atoms with Crippen LogP contribution < -0.4 is 0 Å². The second kappa shape index (κ2) is 7.29. The Bertz CT molecular complexity index is 605. The topological polar surface area (TPSA) is 12.9 Å². The summed E-state index contributed by atoms with van der Waals surface area (Å²) in [5.74, 6) is 0. The van der Waals surface area contributed by atoms with Crippen molar-refractivity contribution in [3.63, 3.8) is 0 Å². The Morgan fingerprint density at radius 3 is 0.696 bits per heavy atom. The number of benzene rings is 1. The predicted molar refractivity (Wildman–Crippen MR) is 103 cm³/mol. The van der Waals surface area contributed by atoms with Crippen molar-refractivity contribution in [2.45, 2.75) is 76.2 Å². The first-order chi connectivity index (χ1) is 10.5. The summed E-state index contributed by atoms with van der Waals surface area (Å²) in [5.41, 5.74) is 15.1. The first-order valence-electron chi connectivity index (χ1n) is 8.45. The van der Waals surface area contributed by atoms with Crippen molar-refractivity contribution in [1.82, 2.24) is 4.98 Å². The van der Waals surface area contributed by atoms with Crippen LogP contribution in [0.1, 0.15) is 61.5 Å². The molecule has 0 amide bonds. The van der Waals surface area contributed by atoms with Gasteiger partial charge in [0.2, 0.25) is 0 Å². The Morgan fingerprint density at radius 2 is 0.478 bits per heavy atom. The van der Waals surface area contributed by atoms with Crippen molar-refractivity contribution in [2.75, 3.05) is 0 Å². The Kier molecular flexibility index (Phi) is 6.16. The standard InChI is InChI=1S/C12H18.C10H15N/c1-7-8(2)10(4)12(6)11(5)9(7)3;1-6-7(2)9(4)11-10(5)8(6)3/h1-6H3;1-5H3. The van der Waals surface area contributed by atoms with E-state index < -0.39 is 0 Å². The number of hydrogen-bond acceptors (Lipinski definition) is 1. The van der Waals surface area contributed by atoms with E-state index in [1.165, 1.54) is 50.1 Å². The Morgan fingerprint density at radius 1 is 0.304 bits per heavy atom. The van der Waals surface area contributed by atoms with Crippen LogP contribution in [-0.2, 0) is 0 Å². The predicted octanol–water partition coefficient (Wildman–Crippen LogP) is 6.16. The molecule has 0 fully saturated rings. The minimum atomic E-state index is 1.16. The maximum atomic E-state index is 4.43. The molecule has 0 aliphatic rings. The van der Waals surface area contributed by atoms with Gasteiger partial charge in [-0.2, -0.15) is 0 Å². The maximum absolute atomic E-state index is 4.43. The Labute approximate surface area is 143 Å². The highest BCUT2D eigenvalue weighted by atomic mass is 14.7. The van der Waals surface area contributed by atoms with Gasteiger partial charge in [0.1, 0.15) is 0 Å². The smallest absolute Gasteiger partial charge is 0.0407 e. The van der Waals surface area contributed by atoms with Gasteiger partial charge in [-0.1, -0.05) is 0 Å². The molecule has 0 bridgehead atoms. The molecule has 1 aromatic heterocycles. The molecule has 2 rings (SSSR count). The molecule has 0 aliphatic carbocycles. The van der Waals surface area contributed by atoms with Crippen LogP contribution in [-0.4, -0.2) is 4.98 Å². The molecule has 0 saturated carbocycles. The van der Waals surface area contributed by atoms with E-state index in [0.717, 1.165) is 11.4 Å². The molecule has 1 heteroatoms. The maximum Gasteiger partial charge on any atom is 0.0407 e. The van der Waals surface area contributed by atoms with Gasteiger partial charge in [0.25, 0.3) is 0 Å².